The quantitative estimate of drug-likeness (QED) is 0.168. The van der Waals surface area contributed by atoms with Crippen LogP contribution in [0, 0.1) is 11.8 Å². The molecule has 0 radical (unpaired) electrons. The van der Waals surface area contributed by atoms with Gasteiger partial charge in [0.2, 0.25) is 23.6 Å². The van der Waals surface area contributed by atoms with Gasteiger partial charge >= 0.3 is 5.97 Å². The van der Waals surface area contributed by atoms with Crippen LogP contribution in [0.2, 0.25) is 0 Å². The highest BCUT2D eigenvalue weighted by Gasteiger charge is 2.31. The predicted molar refractivity (Wildman–Crippen MR) is 127 cm³/mol. The zero-order valence-corrected chi connectivity index (χ0v) is 20.9. The Morgan fingerprint density at radius 3 is 1.91 bits per heavy atom. The second kappa shape index (κ2) is 15.5. The molecule has 0 aromatic heterocycles. The van der Waals surface area contributed by atoms with Gasteiger partial charge in [0.05, 0.1) is 6.04 Å². The van der Waals surface area contributed by atoms with Crippen molar-refractivity contribution in [1.29, 1.82) is 0 Å². The maximum Gasteiger partial charge on any atom is 0.326 e. The van der Waals surface area contributed by atoms with Crippen LogP contribution in [0.5, 0.6) is 0 Å². The Hall–Kier alpha value is -2.34. The summed E-state index contributed by atoms with van der Waals surface area (Å²) in [5.41, 5.74) is 10.9. The summed E-state index contributed by atoms with van der Waals surface area (Å²) in [5.74, 6) is -3.26. The smallest absolute Gasteiger partial charge is 0.326 e. The van der Waals surface area contributed by atoms with Gasteiger partial charge in [-0.3, -0.25) is 19.2 Å². The number of carbonyl (C=O) groups excluding carboxylic acids is 4. The van der Waals surface area contributed by atoms with Crippen LogP contribution in [0.4, 0.5) is 0 Å². The van der Waals surface area contributed by atoms with Gasteiger partial charge < -0.3 is 32.5 Å². The fourth-order valence-corrected chi connectivity index (χ4v) is 3.43. The van der Waals surface area contributed by atoms with E-state index in [9.17, 15) is 29.1 Å². The number of carboxylic acid groups (broad SMARTS) is 1. The summed E-state index contributed by atoms with van der Waals surface area (Å²) in [6, 6.07) is -4.04. The molecule has 0 saturated heterocycles. The Balaban J connectivity index is 5.35. The van der Waals surface area contributed by atoms with Crippen molar-refractivity contribution in [1.82, 2.24) is 16.0 Å². The normalized spacial score (nSPS) is 14.8. The summed E-state index contributed by atoms with van der Waals surface area (Å²) in [4.78, 5) is 60.5. The molecule has 12 heteroatoms. The lowest BCUT2D eigenvalue weighted by molar-refractivity contribution is -0.143. The topological polar surface area (TPSA) is 194 Å². The number of carbonyl (C=O) groups is 5. The number of thioether (sulfide) groups is 1. The van der Waals surface area contributed by atoms with Gasteiger partial charge in [-0.1, -0.05) is 27.7 Å². The van der Waals surface area contributed by atoms with Crippen LogP contribution in [0.25, 0.3) is 0 Å². The van der Waals surface area contributed by atoms with Gasteiger partial charge in [0.1, 0.15) is 18.1 Å². The number of hydrogen-bond acceptors (Lipinski definition) is 7. The Morgan fingerprint density at radius 1 is 0.879 bits per heavy atom. The van der Waals surface area contributed by atoms with Crippen molar-refractivity contribution < 1.29 is 29.1 Å². The number of hydrogen-bond donors (Lipinski definition) is 6. The Kier molecular flexibility index (Phi) is 14.4. The number of carboxylic acids is 1. The fourth-order valence-electron chi connectivity index (χ4n) is 2.96. The molecule has 190 valence electrons. The lowest BCUT2D eigenvalue weighted by atomic mass is 10.0. The Labute approximate surface area is 199 Å². The van der Waals surface area contributed by atoms with E-state index in [1.165, 1.54) is 11.8 Å². The first-order valence-electron chi connectivity index (χ1n) is 11.0. The molecule has 0 aromatic carbocycles. The first-order chi connectivity index (χ1) is 15.3. The van der Waals surface area contributed by atoms with Crippen molar-refractivity contribution in [3.05, 3.63) is 0 Å². The van der Waals surface area contributed by atoms with E-state index >= 15 is 0 Å². The average molecular weight is 490 g/mol. The number of rotatable bonds is 16. The Morgan fingerprint density at radius 2 is 1.45 bits per heavy atom. The lowest BCUT2D eigenvalue weighted by Crippen LogP contribution is -2.58. The largest absolute Gasteiger partial charge is 0.480 e. The number of aliphatic carboxylic acids is 1. The summed E-state index contributed by atoms with van der Waals surface area (Å²) < 4.78 is 0. The maximum atomic E-state index is 12.9. The van der Waals surface area contributed by atoms with Gasteiger partial charge in [-0.15, -0.1) is 0 Å². The third kappa shape index (κ3) is 12.5. The maximum absolute atomic E-state index is 12.9. The molecule has 0 fully saturated rings. The van der Waals surface area contributed by atoms with Crippen molar-refractivity contribution >= 4 is 41.4 Å². The van der Waals surface area contributed by atoms with Crippen molar-refractivity contribution in [3.63, 3.8) is 0 Å². The molecule has 0 aromatic rings. The van der Waals surface area contributed by atoms with Crippen LogP contribution >= 0.6 is 11.8 Å². The molecule has 0 aliphatic rings. The molecule has 4 amide bonds. The van der Waals surface area contributed by atoms with Crippen molar-refractivity contribution in [2.24, 2.45) is 23.3 Å². The van der Waals surface area contributed by atoms with Gasteiger partial charge in [-0.05, 0) is 43.1 Å². The van der Waals surface area contributed by atoms with Crippen LogP contribution in [0.1, 0.15) is 53.4 Å². The van der Waals surface area contributed by atoms with E-state index in [4.69, 9.17) is 11.5 Å². The molecule has 11 nitrogen and oxygen atoms in total. The van der Waals surface area contributed by atoms with E-state index in [0.717, 1.165) is 0 Å². The van der Waals surface area contributed by atoms with Crippen LogP contribution < -0.4 is 27.4 Å². The minimum absolute atomic E-state index is 0.0405. The SMILES string of the molecule is CSCCC(NC(=O)C(NC(=O)C(N)CCC(N)=O)C(C)C)C(=O)NC(CC(C)C)C(=O)O. The summed E-state index contributed by atoms with van der Waals surface area (Å²) in [7, 11) is 0. The molecule has 0 aliphatic heterocycles. The average Bonchev–Trinajstić information content (AvgIpc) is 2.71. The minimum atomic E-state index is -1.15. The standard InChI is InChI=1S/C21H39N5O6S/c1-11(2)10-15(21(31)32)25-19(29)14(8-9-33-5)24-20(30)17(12(3)4)26-18(28)13(22)6-7-16(23)27/h11-15,17H,6-10,22H2,1-5H3,(H2,23,27)(H,24,30)(H,25,29)(H,26,28)(H,31,32). The molecule has 33 heavy (non-hydrogen) atoms. The molecular weight excluding hydrogens is 450 g/mol. The van der Waals surface area contributed by atoms with Crippen LogP contribution in [0.15, 0.2) is 0 Å². The molecule has 4 unspecified atom stereocenters. The third-order valence-corrected chi connectivity index (χ3v) is 5.49. The lowest BCUT2D eigenvalue weighted by Gasteiger charge is -2.27. The number of nitrogens with one attached hydrogen (secondary N) is 3. The van der Waals surface area contributed by atoms with Crippen LogP contribution in [-0.2, 0) is 24.0 Å². The molecule has 0 aliphatic carbocycles. The summed E-state index contributed by atoms with van der Waals surface area (Å²) in [6.07, 6.45) is 2.35. The van der Waals surface area contributed by atoms with E-state index in [2.05, 4.69) is 16.0 Å². The van der Waals surface area contributed by atoms with Crippen molar-refractivity contribution in [2.45, 2.75) is 77.5 Å². The highest BCUT2D eigenvalue weighted by Crippen LogP contribution is 2.09. The van der Waals surface area contributed by atoms with E-state index in [0.29, 0.717) is 5.75 Å². The van der Waals surface area contributed by atoms with E-state index in [-0.39, 0.29) is 37.5 Å². The molecule has 0 spiro atoms. The second-order valence-electron chi connectivity index (χ2n) is 8.71. The highest BCUT2D eigenvalue weighted by atomic mass is 32.2. The van der Waals surface area contributed by atoms with Crippen molar-refractivity contribution in [2.75, 3.05) is 12.0 Å². The first-order valence-corrected chi connectivity index (χ1v) is 12.4. The van der Waals surface area contributed by atoms with Crippen LogP contribution in [0.3, 0.4) is 0 Å². The van der Waals surface area contributed by atoms with Gasteiger partial charge in [0.15, 0.2) is 0 Å². The van der Waals surface area contributed by atoms with Crippen LogP contribution in [-0.4, -0.2) is 70.9 Å². The number of amides is 4. The molecule has 0 rings (SSSR count). The van der Waals surface area contributed by atoms with Gasteiger partial charge in [0, 0.05) is 6.42 Å². The monoisotopic (exact) mass is 489 g/mol. The van der Waals surface area contributed by atoms with Crippen molar-refractivity contribution in [3.8, 4) is 0 Å². The van der Waals surface area contributed by atoms with E-state index in [1.807, 2.05) is 20.1 Å². The molecule has 0 bridgehead atoms. The molecule has 8 N–H and O–H groups in total. The molecule has 0 heterocycles. The molecule has 4 atom stereocenters. The first kappa shape index (κ1) is 30.7. The highest BCUT2D eigenvalue weighted by molar-refractivity contribution is 7.98. The van der Waals surface area contributed by atoms with Gasteiger partial charge in [-0.2, -0.15) is 11.8 Å². The number of primary amides is 1. The van der Waals surface area contributed by atoms with Gasteiger partial charge in [0.25, 0.3) is 0 Å². The van der Waals surface area contributed by atoms with Gasteiger partial charge in [-0.25, -0.2) is 4.79 Å². The summed E-state index contributed by atoms with van der Waals surface area (Å²) in [5, 5.41) is 17.1. The zero-order chi connectivity index (χ0) is 25.7. The number of nitrogens with two attached hydrogens (primary N) is 2. The Bertz CT molecular complexity index is 688. The minimum Gasteiger partial charge on any atom is -0.480 e. The molecule has 0 saturated carbocycles. The molecular formula is C21H39N5O6S. The predicted octanol–water partition coefficient (Wildman–Crippen LogP) is -0.427. The zero-order valence-electron chi connectivity index (χ0n) is 20.1. The van der Waals surface area contributed by atoms with E-state index < -0.39 is 53.8 Å². The summed E-state index contributed by atoms with van der Waals surface area (Å²) in [6.45, 7) is 7.14. The second-order valence-corrected chi connectivity index (χ2v) is 9.70. The summed E-state index contributed by atoms with van der Waals surface area (Å²) >= 11 is 1.48. The third-order valence-electron chi connectivity index (χ3n) is 4.85. The fraction of sp³-hybridized carbons (Fsp3) is 0.762. The van der Waals surface area contributed by atoms with E-state index in [1.54, 1.807) is 13.8 Å².